The van der Waals surface area contributed by atoms with E-state index in [1.54, 1.807) is 0 Å². The largest absolute Gasteiger partial charge is 0.394 e. The molecule has 0 amide bonds. The van der Waals surface area contributed by atoms with E-state index in [0.717, 1.165) is 0 Å². The minimum absolute atomic E-state index is 0.483. The molecule has 13 N–H and O–H groups in total. The van der Waals surface area contributed by atoms with Gasteiger partial charge in [0.05, 0.1) is 26.4 Å². The van der Waals surface area contributed by atoms with Crippen LogP contribution in [-0.4, -0.2) is 210 Å². The molecule has 0 radical (unpaired) electrons. The molecule has 0 aromatic carbocycles. The molecule has 0 aliphatic carbocycles. The summed E-state index contributed by atoms with van der Waals surface area (Å²) in [6.07, 6.45) is -33.0. The van der Waals surface area contributed by atoms with E-state index < -0.39 is 143 Å². The number of ether oxygens (including phenoxy) is 7. The number of aliphatic hydroxyl groups is 13. The van der Waals surface area contributed by atoms with Gasteiger partial charge in [-0.1, -0.05) is 0 Å². The van der Waals surface area contributed by atoms with Gasteiger partial charge in [-0.05, 0) is 0 Å². The molecule has 0 aromatic rings. The van der Waals surface area contributed by atoms with Crippen LogP contribution in [0.25, 0.3) is 0 Å². The second-order valence-electron chi connectivity index (χ2n) is 10.7. The zero-order valence-corrected chi connectivity index (χ0v) is 22.5. The topological polar surface area (TPSA) is 328 Å². The van der Waals surface area contributed by atoms with Crippen molar-refractivity contribution >= 4 is 0 Å². The standard InChI is InChI=1S/C23H40O20/c24-1-6-10(29)11(30)19(43-21-15(34)9(28)5(27)4-37-21)23(39-6)42-18-8(3-26)40-22(16(35)13(18)32)41-17-7(2-25)38-20(36)14(33)12(17)31/h5-36H,1-4H2/t5-,6-,7-,8-,9+,10-,11+,12-,13-,14-,15-,16-,17+,18-,19-,20-,21+,22+,23+/m1/s1. The van der Waals surface area contributed by atoms with Crippen molar-refractivity contribution in [1.82, 2.24) is 0 Å². The zero-order valence-electron chi connectivity index (χ0n) is 22.5. The van der Waals surface area contributed by atoms with Gasteiger partial charge >= 0.3 is 0 Å². The van der Waals surface area contributed by atoms with E-state index in [4.69, 9.17) is 33.2 Å². The second kappa shape index (κ2) is 14.7. The molecule has 4 rings (SSSR count). The normalized spacial score (nSPS) is 53.1. The highest BCUT2D eigenvalue weighted by molar-refractivity contribution is 4.97. The summed E-state index contributed by atoms with van der Waals surface area (Å²) in [4.78, 5) is 0. The SMILES string of the molecule is OC[C@H]1O[C@@H](O[C@H]2[C@H](O)[C@@H](O)[C@H](O[C@@H]3[C@H](O)[C@@H](O)[C@H](O)O[C@@H]3CO)O[C@@H]2CO)[C@H](O[C@@H]2OC[C@@H](O)[C@H](O)[C@H]2O)[C@@H](O)[C@@H]1O. The maximum absolute atomic E-state index is 10.9. The third kappa shape index (κ3) is 7.13. The molecule has 4 aliphatic heterocycles. The molecule has 0 unspecified atom stereocenters. The predicted molar refractivity (Wildman–Crippen MR) is 128 cm³/mol. The smallest absolute Gasteiger partial charge is 0.187 e. The summed E-state index contributed by atoms with van der Waals surface area (Å²) in [5.41, 5.74) is 0. The summed E-state index contributed by atoms with van der Waals surface area (Å²) >= 11 is 0. The van der Waals surface area contributed by atoms with Gasteiger partial charge < -0.3 is 99.5 Å². The second-order valence-corrected chi connectivity index (χ2v) is 10.7. The predicted octanol–water partition coefficient (Wildman–Crippen LogP) is -9.11. The molecule has 0 spiro atoms. The Hall–Kier alpha value is -0.800. The van der Waals surface area contributed by atoms with Gasteiger partial charge in [0.25, 0.3) is 0 Å². The average molecular weight is 637 g/mol. The van der Waals surface area contributed by atoms with E-state index in [1.165, 1.54) is 0 Å². The zero-order chi connectivity index (χ0) is 31.7. The van der Waals surface area contributed by atoms with Crippen LogP contribution in [0.2, 0.25) is 0 Å². The van der Waals surface area contributed by atoms with E-state index in [0.29, 0.717) is 0 Å². The van der Waals surface area contributed by atoms with Crippen LogP contribution < -0.4 is 0 Å². The molecular weight excluding hydrogens is 596 g/mol. The fourth-order valence-corrected chi connectivity index (χ4v) is 5.24. The van der Waals surface area contributed by atoms with Crippen molar-refractivity contribution in [2.24, 2.45) is 0 Å². The Morgan fingerprint density at radius 3 is 1.51 bits per heavy atom. The fourth-order valence-electron chi connectivity index (χ4n) is 5.24. The summed E-state index contributed by atoms with van der Waals surface area (Å²) < 4.78 is 37.9. The molecular formula is C23H40O20. The van der Waals surface area contributed by atoms with E-state index in [1.807, 2.05) is 0 Å². The highest BCUT2D eigenvalue weighted by Gasteiger charge is 2.54. The maximum Gasteiger partial charge on any atom is 0.187 e. The molecule has 0 saturated carbocycles. The van der Waals surface area contributed by atoms with Crippen molar-refractivity contribution in [3.05, 3.63) is 0 Å². The minimum Gasteiger partial charge on any atom is -0.394 e. The van der Waals surface area contributed by atoms with Crippen LogP contribution >= 0.6 is 0 Å². The lowest BCUT2D eigenvalue weighted by Crippen LogP contribution is -2.67. The van der Waals surface area contributed by atoms with Gasteiger partial charge in [0.15, 0.2) is 25.2 Å². The van der Waals surface area contributed by atoms with Gasteiger partial charge in [0.1, 0.15) is 91.6 Å². The first-order valence-electron chi connectivity index (χ1n) is 13.5. The number of hydrogen-bond donors (Lipinski definition) is 13. The summed E-state index contributed by atoms with van der Waals surface area (Å²) in [6, 6.07) is 0. The summed E-state index contributed by atoms with van der Waals surface area (Å²) in [5.74, 6) is 0. The Labute approximate surface area is 243 Å². The van der Waals surface area contributed by atoms with Crippen LogP contribution in [0.4, 0.5) is 0 Å². The molecule has 252 valence electrons. The first-order chi connectivity index (χ1) is 20.3. The van der Waals surface area contributed by atoms with E-state index >= 15 is 0 Å². The average Bonchev–Trinajstić information content (AvgIpc) is 2.99. The number of aliphatic hydroxyl groups excluding tert-OH is 13. The molecule has 20 nitrogen and oxygen atoms in total. The van der Waals surface area contributed by atoms with Crippen LogP contribution in [0.15, 0.2) is 0 Å². The minimum atomic E-state index is -2.00. The summed E-state index contributed by atoms with van der Waals surface area (Å²) in [7, 11) is 0. The Balaban J connectivity index is 1.51. The lowest BCUT2D eigenvalue weighted by molar-refractivity contribution is -0.391. The lowest BCUT2D eigenvalue weighted by atomic mass is 9.96. The van der Waals surface area contributed by atoms with Crippen molar-refractivity contribution in [3.8, 4) is 0 Å². The molecule has 43 heavy (non-hydrogen) atoms. The van der Waals surface area contributed by atoms with E-state index in [-0.39, 0.29) is 0 Å². The van der Waals surface area contributed by atoms with Crippen LogP contribution in [0.5, 0.6) is 0 Å². The Morgan fingerprint density at radius 2 is 0.907 bits per heavy atom. The Morgan fingerprint density at radius 1 is 0.442 bits per heavy atom. The lowest BCUT2D eigenvalue weighted by Gasteiger charge is -2.49. The molecule has 0 aromatic heterocycles. The van der Waals surface area contributed by atoms with Crippen molar-refractivity contribution < 1.29 is 99.5 Å². The Bertz CT molecular complexity index is 867. The molecule has 4 saturated heterocycles. The van der Waals surface area contributed by atoms with Crippen LogP contribution in [0.3, 0.4) is 0 Å². The molecule has 0 bridgehead atoms. The molecule has 20 heteroatoms. The van der Waals surface area contributed by atoms with Crippen molar-refractivity contribution in [2.75, 3.05) is 26.4 Å². The van der Waals surface area contributed by atoms with Crippen LogP contribution in [0, 0.1) is 0 Å². The molecule has 4 aliphatic rings. The van der Waals surface area contributed by atoms with Gasteiger partial charge in [-0.15, -0.1) is 0 Å². The van der Waals surface area contributed by atoms with Crippen LogP contribution in [-0.2, 0) is 33.2 Å². The molecule has 4 heterocycles. The van der Waals surface area contributed by atoms with E-state index in [9.17, 15) is 66.4 Å². The summed E-state index contributed by atoms with van der Waals surface area (Å²) in [6.45, 7) is -3.02. The van der Waals surface area contributed by atoms with Crippen LogP contribution in [0.1, 0.15) is 0 Å². The summed E-state index contributed by atoms with van der Waals surface area (Å²) in [5, 5.41) is 132. The van der Waals surface area contributed by atoms with Gasteiger partial charge in [0.2, 0.25) is 0 Å². The third-order valence-electron chi connectivity index (χ3n) is 7.81. The van der Waals surface area contributed by atoms with E-state index in [2.05, 4.69) is 0 Å². The van der Waals surface area contributed by atoms with Crippen molar-refractivity contribution in [1.29, 1.82) is 0 Å². The van der Waals surface area contributed by atoms with Crippen molar-refractivity contribution in [2.45, 2.75) is 117 Å². The fraction of sp³-hybridized carbons (Fsp3) is 1.00. The highest BCUT2D eigenvalue weighted by Crippen LogP contribution is 2.34. The molecule has 4 fully saturated rings. The van der Waals surface area contributed by atoms with Gasteiger partial charge in [-0.2, -0.15) is 0 Å². The van der Waals surface area contributed by atoms with Gasteiger partial charge in [-0.25, -0.2) is 0 Å². The van der Waals surface area contributed by atoms with Gasteiger partial charge in [-0.3, -0.25) is 0 Å². The quantitative estimate of drug-likeness (QED) is 0.112. The van der Waals surface area contributed by atoms with Crippen molar-refractivity contribution in [3.63, 3.8) is 0 Å². The maximum atomic E-state index is 10.9. The third-order valence-corrected chi connectivity index (χ3v) is 7.81. The monoisotopic (exact) mass is 636 g/mol. The first kappa shape index (κ1) is 35.1. The first-order valence-corrected chi connectivity index (χ1v) is 13.5. The Kier molecular flexibility index (Phi) is 12.0. The van der Waals surface area contributed by atoms with Gasteiger partial charge in [0, 0.05) is 0 Å². The number of rotatable bonds is 9. The highest BCUT2D eigenvalue weighted by atomic mass is 16.8. The number of hydrogen-bond acceptors (Lipinski definition) is 20. The molecule has 19 atom stereocenters.